The van der Waals surface area contributed by atoms with Crippen LogP contribution in [0.3, 0.4) is 0 Å². The molecule has 4 heteroatoms. The lowest BCUT2D eigenvalue weighted by Gasteiger charge is -2.19. The molecular formula is C34H65NO3. The molecule has 0 spiro atoms. The van der Waals surface area contributed by atoms with Gasteiger partial charge < -0.3 is 15.5 Å². The molecule has 0 aliphatic carbocycles. The van der Waals surface area contributed by atoms with Gasteiger partial charge in [-0.2, -0.15) is 0 Å². The highest BCUT2D eigenvalue weighted by atomic mass is 16.3. The first kappa shape index (κ1) is 36.9. The van der Waals surface area contributed by atoms with E-state index in [1.807, 2.05) is 6.08 Å². The average Bonchev–Trinajstić information content (AvgIpc) is 2.92. The first-order chi connectivity index (χ1) is 18.7. The normalized spacial score (nSPS) is 13.5. The fourth-order valence-corrected chi connectivity index (χ4v) is 4.84. The van der Waals surface area contributed by atoms with Crippen LogP contribution in [-0.4, -0.2) is 34.9 Å². The summed E-state index contributed by atoms with van der Waals surface area (Å²) in [5.41, 5.74) is 0. The third-order valence-corrected chi connectivity index (χ3v) is 7.44. The van der Waals surface area contributed by atoms with Crippen LogP contribution in [0, 0.1) is 0 Å². The summed E-state index contributed by atoms with van der Waals surface area (Å²) in [6, 6.07) is -0.631. The van der Waals surface area contributed by atoms with Gasteiger partial charge in [-0.15, -0.1) is 0 Å². The van der Waals surface area contributed by atoms with E-state index in [9.17, 15) is 15.0 Å². The van der Waals surface area contributed by atoms with Gasteiger partial charge in [-0.3, -0.25) is 4.79 Å². The summed E-state index contributed by atoms with van der Waals surface area (Å²) in [7, 11) is 0. The van der Waals surface area contributed by atoms with Gasteiger partial charge in [0.15, 0.2) is 0 Å². The van der Waals surface area contributed by atoms with E-state index in [0.29, 0.717) is 6.42 Å². The van der Waals surface area contributed by atoms with Crippen LogP contribution in [0.15, 0.2) is 24.3 Å². The lowest BCUT2D eigenvalue weighted by atomic mass is 10.0. The van der Waals surface area contributed by atoms with Gasteiger partial charge in [0.1, 0.15) is 0 Å². The van der Waals surface area contributed by atoms with E-state index in [0.717, 1.165) is 32.1 Å². The van der Waals surface area contributed by atoms with E-state index in [1.165, 1.54) is 116 Å². The average molecular weight is 536 g/mol. The van der Waals surface area contributed by atoms with Crippen molar-refractivity contribution in [2.75, 3.05) is 6.61 Å². The Morgan fingerprint density at radius 2 is 1.03 bits per heavy atom. The molecule has 3 N–H and O–H groups in total. The second kappa shape index (κ2) is 30.4. The molecule has 0 aromatic heterocycles. The van der Waals surface area contributed by atoms with Crippen molar-refractivity contribution in [2.45, 2.75) is 180 Å². The highest BCUT2D eigenvalue weighted by Gasteiger charge is 2.17. The predicted octanol–water partition coefficient (Wildman–Crippen LogP) is 9.34. The van der Waals surface area contributed by atoms with E-state index < -0.39 is 12.1 Å². The Morgan fingerprint density at radius 3 is 1.53 bits per heavy atom. The zero-order valence-corrected chi connectivity index (χ0v) is 25.4. The van der Waals surface area contributed by atoms with Crippen LogP contribution in [0.4, 0.5) is 0 Å². The summed E-state index contributed by atoms with van der Waals surface area (Å²) in [6.07, 6.45) is 36.8. The Hall–Kier alpha value is -1.13. The van der Waals surface area contributed by atoms with Crippen molar-refractivity contribution in [3.63, 3.8) is 0 Å². The van der Waals surface area contributed by atoms with Gasteiger partial charge >= 0.3 is 0 Å². The summed E-state index contributed by atoms with van der Waals surface area (Å²) in [4.78, 5) is 12.2. The van der Waals surface area contributed by atoms with Crippen LogP contribution in [0.25, 0.3) is 0 Å². The van der Waals surface area contributed by atoms with Crippen molar-refractivity contribution in [1.82, 2.24) is 5.32 Å². The minimum Gasteiger partial charge on any atom is -0.394 e. The van der Waals surface area contributed by atoms with Crippen molar-refractivity contribution < 1.29 is 15.0 Å². The lowest BCUT2D eigenvalue weighted by molar-refractivity contribution is -0.123. The van der Waals surface area contributed by atoms with Gasteiger partial charge in [0.2, 0.25) is 5.91 Å². The minimum absolute atomic E-state index is 0.0764. The number of nitrogens with one attached hydrogen (secondary N) is 1. The number of hydrogen-bond donors (Lipinski definition) is 3. The summed E-state index contributed by atoms with van der Waals surface area (Å²) >= 11 is 0. The van der Waals surface area contributed by atoms with Crippen LogP contribution in [0.5, 0.6) is 0 Å². The third kappa shape index (κ3) is 26.5. The minimum atomic E-state index is -0.854. The van der Waals surface area contributed by atoms with Gasteiger partial charge in [-0.1, -0.05) is 154 Å². The number of allylic oxidation sites excluding steroid dienone is 3. The second-order valence-corrected chi connectivity index (χ2v) is 11.2. The van der Waals surface area contributed by atoms with Crippen molar-refractivity contribution in [3.8, 4) is 0 Å². The zero-order chi connectivity index (χ0) is 27.9. The molecule has 1 amide bonds. The number of carbonyl (C=O) groups is 1. The molecule has 224 valence electrons. The van der Waals surface area contributed by atoms with Crippen LogP contribution in [-0.2, 0) is 4.79 Å². The lowest BCUT2D eigenvalue weighted by Crippen LogP contribution is -2.45. The molecule has 0 bridgehead atoms. The molecule has 38 heavy (non-hydrogen) atoms. The predicted molar refractivity (Wildman–Crippen MR) is 165 cm³/mol. The monoisotopic (exact) mass is 535 g/mol. The number of aliphatic hydroxyl groups excluding tert-OH is 2. The smallest absolute Gasteiger partial charge is 0.220 e. The second-order valence-electron chi connectivity index (χ2n) is 11.2. The van der Waals surface area contributed by atoms with Crippen LogP contribution < -0.4 is 5.32 Å². The topological polar surface area (TPSA) is 69.6 Å². The number of carbonyl (C=O) groups excluding carboxylic acids is 1. The number of aliphatic hydroxyl groups is 2. The van der Waals surface area contributed by atoms with Crippen molar-refractivity contribution in [3.05, 3.63) is 24.3 Å². The number of hydrogen-bond acceptors (Lipinski definition) is 3. The molecule has 0 saturated carbocycles. The Kier molecular flexibility index (Phi) is 29.5. The summed E-state index contributed by atoms with van der Waals surface area (Å²) in [5, 5.41) is 22.8. The van der Waals surface area contributed by atoms with Crippen LogP contribution in [0.1, 0.15) is 168 Å². The number of unbranched alkanes of at least 4 members (excludes halogenated alkanes) is 20. The highest BCUT2D eigenvalue weighted by Crippen LogP contribution is 2.13. The molecule has 0 aliphatic rings. The van der Waals surface area contributed by atoms with Crippen LogP contribution >= 0.6 is 0 Å². The first-order valence-electron chi connectivity index (χ1n) is 16.6. The van der Waals surface area contributed by atoms with Crippen LogP contribution in [0.2, 0.25) is 0 Å². The third-order valence-electron chi connectivity index (χ3n) is 7.44. The highest BCUT2D eigenvalue weighted by molar-refractivity contribution is 5.76. The van der Waals surface area contributed by atoms with Gasteiger partial charge in [-0.25, -0.2) is 0 Å². The molecule has 2 atom stereocenters. The summed E-state index contributed by atoms with van der Waals surface area (Å²) in [6.45, 7) is 4.27. The molecule has 0 aliphatic heterocycles. The molecule has 0 unspecified atom stereocenters. The van der Waals surface area contributed by atoms with E-state index in [1.54, 1.807) is 6.08 Å². The number of amides is 1. The first-order valence-corrected chi connectivity index (χ1v) is 16.6. The van der Waals surface area contributed by atoms with Crippen molar-refractivity contribution in [2.24, 2.45) is 0 Å². The van der Waals surface area contributed by atoms with Crippen molar-refractivity contribution in [1.29, 1.82) is 0 Å². The van der Waals surface area contributed by atoms with Gasteiger partial charge in [0.05, 0.1) is 18.8 Å². The van der Waals surface area contributed by atoms with Crippen molar-refractivity contribution >= 4 is 5.91 Å². The summed E-state index contributed by atoms with van der Waals surface area (Å²) in [5.74, 6) is -0.0764. The molecular weight excluding hydrogens is 470 g/mol. The fraction of sp³-hybridized carbons (Fsp3) is 0.853. The Balaban J connectivity index is 3.71. The molecule has 0 radical (unpaired) electrons. The quantitative estimate of drug-likeness (QED) is 0.0660. The standard InChI is InChI=1S/C34H65NO3/c1-3-5-7-9-11-13-15-17-18-19-21-23-25-27-29-33(37)32(31-36)35-34(38)30-28-26-24-22-20-16-14-12-10-8-6-4-2/h19,21,27,29,32-33,36-37H,3-18,20,22-26,28,30-31H2,1-2H3,(H,35,38)/b21-19+,29-27+/t32-,33+/m0/s1. The molecule has 0 aromatic carbocycles. The Labute approximate surface area is 237 Å². The molecule has 0 aromatic rings. The number of rotatable bonds is 29. The van der Waals surface area contributed by atoms with E-state index in [2.05, 4.69) is 31.3 Å². The Morgan fingerprint density at radius 1 is 0.605 bits per heavy atom. The van der Waals surface area contributed by atoms with E-state index in [-0.39, 0.29) is 12.5 Å². The van der Waals surface area contributed by atoms with Gasteiger partial charge in [-0.05, 0) is 32.1 Å². The van der Waals surface area contributed by atoms with E-state index in [4.69, 9.17) is 0 Å². The maximum Gasteiger partial charge on any atom is 0.220 e. The largest absolute Gasteiger partial charge is 0.394 e. The Bertz CT molecular complexity index is 546. The molecule has 0 heterocycles. The molecule has 0 saturated heterocycles. The zero-order valence-electron chi connectivity index (χ0n) is 25.4. The van der Waals surface area contributed by atoms with Gasteiger partial charge in [0.25, 0.3) is 0 Å². The molecule has 0 fully saturated rings. The SMILES string of the molecule is CCCCCCCCCC/C=C/CC/C=C/[C@@H](O)[C@H](CO)NC(=O)CCCCCCCCCCCCCC. The maximum atomic E-state index is 12.2. The summed E-state index contributed by atoms with van der Waals surface area (Å²) < 4.78 is 0. The fourth-order valence-electron chi connectivity index (χ4n) is 4.84. The molecule has 4 nitrogen and oxygen atoms in total. The van der Waals surface area contributed by atoms with E-state index >= 15 is 0 Å². The maximum absolute atomic E-state index is 12.2. The molecule has 0 rings (SSSR count). The van der Waals surface area contributed by atoms with Gasteiger partial charge in [0, 0.05) is 6.42 Å².